The van der Waals surface area contributed by atoms with Crippen molar-refractivity contribution < 1.29 is 4.79 Å². The fourth-order valence-corrected chi connectivity index (χ4v) is 3.74. The fourth-order valence-electron chi connectivity index (χ4n) is 2.79. The number of anilines is 1. The van der Waals surface area contributed by atoms with Crippen molar-refractivity contribution in [2.45, 2.75) is 12.0 Å². The standard InChI is InChI=1S/C13H13N5OS/c1-8-15-11(19)13(17-8)4-6-18(7-13)12-16-10-9(20-12)3-2-5-14-10/h2-3,5,17H,1,4,6-7H2,(H,15,19). The number of hydrogen-bond donors (Lipinski definition) is 2. The zero-order chi connectivity index (χ0) is 13.7. The van der Waals surface area contributed by atoms with E-state index in [0.29, 0.717) is 12.4 Å². The normalized spacial score (nSPS) is 25.5. The molecule has 0 radical (unpaired) electrons. The molecule has 2 saturated heterocycles. The quantitative estimate of drug-likeness (QED) is 0.813. The highest BCUT2D eigenvalue weighted by Crippen LogP contribution is 2.34. The van der Waals surface area contributed by atoms with E-state index in [-0.39, 0.29) is 5.91 Å². The molecule has 1 spiro atoms. The zero-order valence-electron chi connectivity index (χ0n) is 10.7. The third-order valence-electron chi connectivity index (χ3n) is 3.78. The molecule has 2 N–H and O–H groups in total. The van der Waals surface area contributed by atoms with E-state index in [0.717, 1.165) is 28.4 Å². The van der Waals surface area contributed by atoms with Crippen LogP contribution in [0.15, 0.2) is 30.7 Å². The van der Waals surface area contributed by atoms with E-state index in [9.17, 15) is 4.79 Å². The van der Waals surface area contributed by atoms with Gasteiger partial charge in [0.05, 0.1) is 17.1 Å². The van der Waals surface area contributed by atoms with Crippen LogP contribution in [0, 0.1) is 0 Å². The number of carbonyl (C=O) groups excluding carboxylic acids is 1. The maximum atomic E-state index is 12.1. The Morgan fingerprint density at radius 1 is 1.50 bits per heavy atom. The lowest BCUT2D eigenvalue weighted by Gasteiger charge is -2.21. The van der Waals surface area contributed by atoms with E-state index in [1.54, 1.807) is 17.5 Å². The van der Waals surface area contributed by atoms with Crippen LogP contribution in [0.2, 0.25) is 0 Å². The van der Waals surface area contributed by atoms with Crippen molar-refractivity contribution in [3.05, 3.63) is 30.7 Å². The molecule has 102 valence electrons. The number of hydrogen-bond acceptors (Lipinski definition) is 6. The van der Waals surface area contributed by atoms with Crippen LogP contribution in [0.4, 0.5) is 5.13 Å². The molecule has 2 fully saturated rings. The summed E-state index contributed by atoms with van der Waals surface area (Å²) in [6.45, 7) is 5.18. The predicted molar refractivity (Wildman–Crippen MR) is 77.4 cm³/mol. The number of pyridine rings is 1. The van der Waals surface area contributed by atoms with E-state index in [2.05, 4.69) is 32.1 Å². The van der Waals surface area contributed by atoms with Gasteiger partial charge < -0.3 is 15.5 Å². The third kappa shape index (κ3) is 1.59. The average molecular weight is 287 g/mol. The smallest absolute Gasteiger partial charge is 0.253 e. The topological polar surface area (TPSA) is 70.2 Å². The van der Waals surface area contributed by atoms with Gasteiger partial charge in [0.15, 0.2) is 10.8 Å². The molecule has 0 aliphatic carbocycles. The van der Waals surface area contributed by atoms with Crippen molar-refractivity contribution in [3.63, 3.8) is 0 Å². The number of carbonyl (C=O) groups is 1. The summed E-state index contributed by atoms with van der Waals surface area (Å²) in [5, 5.41) is 6.84. The van der Waals surface area contributed by atoms with Crippen LogP contribution in [0.1, 0.15) is 6.42 Å². The van der Waals surface area contributed by atoms with Crippen LogP contribution in [-0.4, -0.2) is 34.5 Å². The maximum absolute atomic E-state index is 12.1. The van der Waals surface area contributed by atoms with Gasteiger partial charge in [0.1, 0.15) is 5.54 Å². The van der Waals surface area contributed by atoms with Gasteiger partial charge >= 0.3 is 0 Å². The van der Waals surface area contributed by atoms with Crippen LogP contribution >= 0.6 is 11.3 Å². The predicted octanol–water partition coefficient (Wildman–Crippen LogP) is 0.831. The molecule has 0 bridgehead atoms. The highest BCUT2D eigenvalue weighted by molar-refractivity contribution is 7.22. The van der Waals surface area contributed by atoms with Gasteiger partial charge in [-0.2, -0.15) is 4.98 Å². The molecule has 1 amide bonds. The van der Waals surface area contributed by atoms with Crippen molar-refractivity contribution in [1.82, 2.24) is 20.6 Å². The second-order valence-corrected chi connectivity index (χ2v) is 6.14. The summed E-state index contributed by atoms with van der Waals surface area (Å²) in [6, 6.07) is 3.92. The maximum Gasteiger partial charge on any atom is 0.253 e. The van der Waals surface area contributed by atoms with Crippen molar-refractivity contribution in [3.8, 4) is 0 Å². The molecule has 2 aliphatic rings. The van der Waals surface area contributed by atoms with E-state index >= 15 is 0 Å². The third-order valence-corrected chi connectivity index (χ3v) is 4.85. The lowest BCUT2D eigenvalue weighted by molar-refractivity contribution is -0.123. The Balaban J connectivity index is 1.65. The van der Waals surface area contributed by atoms with Gasteiger partial charge in [-0.1, -0.05) is 17.9 Å². The number of aromatic nitrogens is 2. The van der Waals surface area contributed by atoms with Crippen LogP contribution in [0.3, 0.4) is 0 Å². The fraction of sp³-hybridized carbons (Fsp3) is 0.308. The summed E-state index contributed by atoms with van der Waals surface area (Å²) in [4.78, 5) is 23.0. The Hall–Kier alpha value is -2.15. The Bertz CT molecular complexity index is 693. The Labute approximate surface area is 119 Å². The minimum Gasteiger partial charge on any atom is -0.356 e. The zero-order valence-corrected chi connectivity index (χ0v) is 11.5. The molecular weight excluding hydrogens is 274 g/mol. The molecule has 2 aliphatic heterocycles. The molecule has 7 heteroatoms. The highest BCUT2D eigenvalue weighted by Gasteiger charge is 2.49. The average Bonchev–Trinajstić information content (AvgIpc) is 3.08. The first-order valence-electron chi connectivity index (χ1n) is 6.41. The number of fused-ring (bicyclic) bond motifs is 1. The molecular formula is C13H13N5OS. The van der Waals surface area contributed by atoms with Crippen molar-refractivity contribution in [1.29, 1.82) is 0 Å². The first-order valence-corrected chi connectivity index (χ1v) is 7.23. The SMILES string of the molecule is C=C1NC(=O)C2(CCN(c3nc4ncccc4s3)C2)N1. The van der Waals surface area contributed by atoms with E-state index in [4.69, 9.17) is 0 Å². The van der Waals surface area contributed by atoms with Gasteiger partial charge in [0.2, 0.25) is 0 Å². The van der Waals surface area contributed by atoms with Gasteiger partial charge in [-0.3, -0.25) is 4.79 Å². The second-order valence-electron chi connectivity index (χ2n) is 5.13. The lowest BCUT2D eigenvalue weighted by atomic mass is 10.00. The number of amides is 1. The van der Waals surface area contributed by atoms with Crippen molar-refractivity contribution in [2.75, 3.05) is 18.0 Å². The molecule has 0 aromatic carbocycles. The summed E-state index contributed by atoms with van der Waals surface area (Å²) in [5.74, 6) is 0.590. The Morgan fingerprint density at radius 3 is 3.15 bits per heavy atom. The highest BCUT2D eigenvalue weighted by atomic mass is 32.1. The number of nitrogens with one attached hydrogen (secondary N) is 2. The minimum absolute atomic E-state index is 0.00392. The molecule has 1 unspecified atom stereocenters. The van der Waals surface area contributed by atoms with Crippen LogP contribution in [0.5, 0.6) is 0 Å². The van der Waals surface area contributed by atoms with E-state index < -0.39 is 5.54 Å². The monoisotopic (exact) mass is 287 g/mol. The molecule has 1 atom stereocenters. The summed E-state index contributed by atoms with van der Waals surface area (Å²) >= 11 is 1.61. The van der Waals surface area contributed by atoms with Gasteiger partial charge in [0, 0.05) is 12.7 Å². The van der Waals surface area contributed by atoms with Crippen LogP contribution < -0.4 is 15.5 Å². The molecule has 0 saturated carbocycles. The van der Waals surface area contributed by atoms with Gasteiger partial charge in [0.25, 0.3) is 5.91 Å². The minimum atomic E-state index is -0.553. The first kappa shape index (κ1) is 11.7. The second kappa shape index (κ2) is 3.92. The molecule has 2 aromatic heterocycles. The Morgan fingerprint density at radius 2 is 2.40 bits per heavy atom. The first-order chi connectivity index (χ1) is 9.66. The van der Waals surface area contributed by atoms with Crippen LogP contribution in [-0.2, 0) is 4.79 Å². The van der Waals surface area contributed by atoms with Crippen molar-refractivity contribution in [2.24, 2.45) is 0 Å². The number of nitrogens with zero attached hydrogens (tertiary/aromatic N) is 3. The summed E-state index contributed by atoms with van der Waals surface area (Å²) in [6.07, 6.45) is 2.49. The lowest BCUT2D eigenvalue weighted by Crippen LogP contribution is -2.48. The summed E-state index contributed by atoms with van der Waals surface area (Å²) in [5.41, 5.74) is 0.212. The Kier molecular flexibility index (Phi) is 2.29. The molecule has 4 heterocycles. The largest absolute Gasteiger partial charge is 0.356 e. The number of thiazole rings is 1. The number of rotatable bonds is 1. The van der Waals surface area contributed by atoms with E-state index in [1.807, 2.05) is 12.1 Å². The molecule has 2 aromatic rings. The van der Waals surface area contributed by atoms with Gasteiger partial charge in [-0.25, -0.2) is 4.98 Å². The molecule has 4 rings (SSSR count). The summed E-state index contributed by atoms with van der Waals surface area (Å²) in [7, 11) is 0. The molecule has 20 heavy (non-hydrogen) atoms. The van der Waals surface area contributed by atoms with Gasteiger partial charge in [-0.05, 0) is 18.6 Å². The van der Waals surface area contributed by atoms with Crippen LogP contribution in [0.25, 0.3) is 10.3 Å². The van der Waals surface area contributed by atoms with Gasteiger partial charge in [-0.15, -0.1) is 0 Å². The summed E-state index contributed by atoms with van der Waals surface area (Å²) < 4.78 is 1.07. The van der Waals surface area contributed by atoms with E-state index in [1.165, 1.54) is 0 Å². The van der Waals surface area contributed by atoms with Crippen molar-refractivity contribution >= 4 is 32.7 Å². The molecule has 6 nitrogen and oxygen atoms in total.